The summed E-state index contributed by atoms with van der Waals surface area (Å²) < 4.78 is 222. The number of ketones is 1. The molecule has 9 N–H and O–H groups in total. The summed E-state index contributed by atoms with van der Waals surface area (Å²) >= 11 is 0. The normalized spacial score (nSPS) is 22.1. The quantitative estimate of drug-likeness (QED) is 0.0130. The number of nitrogens with one attached hydrogen (secondary N) is 5. The average Bonchev–Trinajstić information content (AvgIpc) is 1.56. The van der Waals surface area contributed by atoms with E-state index in [0.29, 0.717) is 4.90 Å². The second kappa shape index (κ2) is 43.2. The number of fused-ring (bicyclic) bond motifs is 4. The second-order valence-corrected chi connectivity index (χ2v) is 35.1. The molecule has 14 atom stereocenters. The Bertz CT molecular complexity index is 5890. The lowest BCUT2D eigenvalue weighted by Gasteiger charge is -2.31. The maximum atomic E-state index is 15.4. The van der Waals surface area contributed by atoms with E-state index in [0.717, 1.165) is 79.1 Å². The molecule has 8 heterocycles. The number of carbonyl (C=O) groups is 12. The average molecular weight is 1860 g/mol. The van der Waals surface area contributed by atoms with Gasteiger partial charge in [-0.2, -0.15) is 0 Å². The van der Waals surface area contributed by atoms with Crippen molar-refractivity contribution in [2.24, 2.45) is 17.4 Å². The summed E-state index contributed by atoms with van der Waals surface area (Å²) in [4.78, 5) is 179. The number of esters is 4. The summed E-state index contributed by atoms with van der Waals surface area (Å²) in [5.41, 5.74) is 8.71. The van der Waals surface area contributed by atoms with Gasteiger partial charge in [-0.15, -0.1) is 0 Å². The summed E-state index contributed by atoms with van der Waals surface area (Å²) in [5, 5.41) is 2.88. The first kappa shape index (κ1) is 83.2. The largest absolute Gasteiger partial charge is 0.461 e. The first-order chi connectivity index (χ1) is 67.6. The highest BCUT2D eigenvalue weighted by molar-refractivity contribution is 6.00. The number of benzene rings is 4. The van der Waals surface area contributed by atoms with Gasteiger partial charge in [0.15, 0.2) is 5.78 Å². The number of nitrogens with zero attached hydrogens (tertiary/aromatic N) is 6. The molecule has 0 unspecified atom stereocenters. The van der Waals surface area contributed by atoms with Gasteiger partial charge in [0.25, 0.3) is 0 Å². The van der Waals surface area contributed by atoms with Gasteiger partial charge in [0.1, 0.15) is 71.0 Å². The molecule has 7 amide bonds. The number of rotatable bonds is 29. The third-order valence-electron chi connectivity index (χ3n) is 22.9. The fourth-order valence-electron chi connectivity index (χ4n) is 16.5. The van der Waals surface area contributed by atoms with Gasteiger partial charge in [0, 0.05) is 167 Å². The fraction of sp³-hybridized carbons (Fsp3) is 0.546. The van der Waals surface area contributed by atoms with E-state index in [1.165, 1.54) is 103 Å². The molecule has 4 aromatic carbocycles. The highest BCUT2D eigenvalue weighted by Gasteiger charge is 2.47. The molecule has 0 saturated carbocycles. The van der Waals surface area contributed by atoms with Gasteiger partial charge in [-0.05, 0) is 202 Å². The molecular weight excluding hydrogens is 1710 g/mol. The van der Waals surface area contributed by atoms with Gasteiger partial charge in [0.2, 0.25) is 29.5 Å². The number of ether oxygens (including phenoxy) is 6. The minimum Gasteiger partial charge on any atom is -0.461 e. The number of carbonyl (C=O) groups excluding carboxylic acids is 12. The monoisotopic (exact) mass is 1850 g/mol. The van der Waals surface area contributed by atoms with Crippen molar-refractivity contribution in [1.29, 1.82) is 0 Å². The molecule has 35 heteroatoms. The molecule has 31 nitrogen and oxygen atoms in total. The number of nitrogens with two attached hydrogens (primary N) is 2. The predicted molar refractivity (Wildman–Crippen MR) is 489 cm³/mol. The van der Waals surface area contributed by atoms with E-state index in [1.807, 2.05) is 13.8 Å². The number of Topliss-reactive ketones (excluding diaryl/α,β-unsaturated/α-hetero) is 1. The molecule has 0 radical (unpaired) electrons. The van der Waals surface area contributed by atoms with Crippen LogP contribution in [0.1, 0.15) is 224 Å². The third-order valence-corrected chi connectivity index (χ3v) is 22.9. The van der Waals surface area contributed by atoms with Crippen LogP contribution in [0.3, 0.4) is 0 Å². The summed E-state index contributed by atoms with van der Waals surface area (Å²) in [6.07, 6.45) is -19.0. The van der Waals surface area contributed by atoms with E-state index in [9.17, 15) is 67.7 Å². The molecule has 0 spiro atoms. The van der Waals surface area contributed by atoms with Crippen LogP contribution in [0.2, 0.25) is 0 Å². The first-order valence-electron chi connectivity index (χ1n) is 51.2. The van der Waals surface area contributed by atoms with Crippen LogP contribution >= 0.6 is 0 Å². The zero-order chi connectivity index (χ0) is 109. The number of H-pyrrole nitrogens is 4. The highest BCUT2D eigenvalue weighted by Crippen LogP contribution is 2.44. The lowest BCUT2D eigenvalue weighted by atomic mass is 9.93. The third kappa shape index (κ3) is 24.3. The van der Waals surface area contributed by atoms with Crippen molar-refractivity contribution in [3.63, 3.8) is 0 Å². The predicted octanol–water partition coefficient (Wildman–Crippen LogP) is 13.4. The van der Waals surface area contributed by atoms with Gasteiger partial charge >= 0.3 is 36.1 Å². The van der Waals surface area contributed by atoms with E-state index in [1.54, 1.807) is 20.8 Å². The van der Waals surface area contributed by atoms with E-state index >= 15 is 18.4 Å². The maximum Gasteiger partial charge on any atom is 0.410 e. The number of aromatic amines is 4. The van der Waals surface area contributed by atoms with Crippen molar-refractivity contribution in [2.75, 3.05) is 40.1 Å². The molecule has 4 fully saturated rings. The smallest absolute Gasteiger partial charge is 0.410 e. The van der Waals surface area contributed by atoms with Crippen molar-refractivity contribution >= 4 is 115 Å². The highest BCUT2D eigenvalue weighted by atomic mass is 19.1. The van der Waals surface area contributed by atoms with Crippen LogP contribution in [0.15, 0.2) is 72.8 Å². The van der Waals surface area contributed by atoms with Gasteiger partial charge < -0.3 is 89.6 Å². The minimum absolute atomic E-state index is 0.00361. The van der Waals surface area contributed by atoms with Gasteiger partial charge in [-0.25, -0.2) is 27.2 Å². The van der Waals surface area contributed by atoms with Crippen molar-refractivity contribution < 1.29 is 123 Å². The summed E-state index contributed by atoms with van der Waals surface area (Å²) in [7, 11) is 0. The van der Waals surface area contributed by atoms with Crippen molar-refractivity contribution in [3.05, 3.63) is 118 Å². The zero-order valence-electron chi connectivity index (χ0n) is 91.4. The van der Waals surface area contributed by atoms with Crippen LogP contribution in [-0.4, -0.2) is 251 Å². The van der Waals surface area contributed by atoms with Crippen molar-refractivity contribution in [1.82, 2.24) is 54.7 Å². The van der Waals surface area contributed by atoms with E-state index in [-0.39, 0.29) is 152 Å². The number of likely N-dealkylation sites (tertiary alicyclic amines) is 4. The van der Waals surface area contributed by atoms with Crippen molar-refractivity contribution in [2.45, 2.75) is 298 Å². The number of aromatic nitrogens is 4. The number of hydrogen-bond donors (Lipinski definition) is 7. The van der Waals surface area contributed by atoms with Crippen molar-refractivity contribution in [3.8, 4) is 22.8 Å². The number of halogens is 4. The minimum atomic E-state index is -3.21. The molecule has 4 aliphatic rings. The standard InChI is InChI=1S/C57H77F2N7O12.C38H46F2N6O6.C2H6/c1-15-34(21-48(69)30(3)63(13)54(73)77-56(7,8)9)52(71)65-28-39(75-32(5)67)24-37(65)26-43-41-19-17-35(58)22-46(41)60-49(43)50-44(42-20-18-36(59)23-47(42)61-50)27-38-25-40(76-33(6)68)29-66(38)53(72)45(16-2)62-51(70)31(4)64(14)55(74)78-57(10,11)12;1-5-31(41)37(49)45-17-25(51-19(3)47)13-23(45)15-29-27-9-7-21(39)11-33(27)43-35(29)36-30(28-10-8-22(40)12-34(28)44-36)16-24-14-26(52-20(4)48)18-46(24)38(50)32(42)6-2;1-2/h17-20,22-23,30-31,34,37-40,45,60-61H,15-16,21,24-29H2,1-14H3,(H,62,70);7-12,23-26,31-32,43-44H,5-6,13-18,41-42H2,1-4H3;1-2H3/t30-,31-,34+,37-,38-,39-,40-,45-;23-,24-,25-,26-,31-,32-;/m00./s1/i13D3,14D3,26D2,27D2;15D2,16D2;. The molecule has 12 rings (SSSR count). The molecule has 718 valence electrons. The number of amides is 7. The van der Waals surface area contributed by atoms with E-state index < -0.39 is 256 Å². The summed E-state index contributed by atoms with van der Waals surface area (Å²) in [6.45, 7) is 18.7. The lowest BCUT2D eigenvalue weighted by molar-refractivity contribution is -0.147. The van der Waals surface area contributed by atoms with E-state index in [4.69, 9.17) is 48.1 Å². The molecule has 0 bridgehead atoms. The molecule has 4 aromatic heterocycles. The van der Waals surface area contributed by atoms with Crippen LogP contribution < -0.4 is 16.8 Å². The Morgan fingerprint density at radius 3 is 0.985 bits per heavy atom. The van der Waals surface area contributed by atoms with Gasteiger partial charge in [-0.3, -0.25) is 52.8 Å². The Kier molecular flexibility index (Phi) is 27.2. The summed E-state index contributed by atoms with van der Waals surface area (Å²) in [6, 6.07) is 1.11. The topological polar surface area (TPSA) is 407 Å². The lowest BCUT2D eigenvalue weighted by Crippen LogP contribution is -2.55. The second-order valence-electron chi connectivity index (χ2n) is 35.1. The Balaban J connectivity index is 0.000000322. The van der Waals surface area contributed by atoms with Gasteiger partial charge in [0.05, 0.1) is 67.1 Å². The number of likely N-dealkylation sites (N-methyl/N-ethyl adjacent to an activating group) is 2. The van der Waals surface area contributed by atoms with Crippen LogP contribution in [0.25, 0.3) is 66.4 Å². The Hall–Kier alpha value is -11.9. The SMILES string of the molecule is CC.[2H]C([2H])(c1c(-c2[nH]c3cc(F)ccc3c2C([2H])([2H])[C@@H]2C[C@H](OC(C)=O)CN2C(=O)[C@@H](N)CC)[nH]c2cc(F)ccc12)[C@@H]1C[C@H](OC(C)=O)CN1C(=O)[C@@H](N)CC.[2H]C([2H])(c1c(-c2[nH]c3cc(F)ccc3c2C([2H])([2H])[C@@H]2C[C@H](OC(C)=O)CN2C(=O)[C@H](CC)NC(=O)[C@H](C)N(C(=O)OC(C)(C)C)C([2H])([2H])[2H])[nH]c2cc(F)ccc12)[C@@H]1C[C@H](OC(C)=O)CN1C(=O)[C@H](CC)CC(=O)[C@H](C)N(C(=O)OC(C)(C)C)C([2H])([2H])[2H]. The Morgan fingerprint density at radius 2 is 0.727 bits per heavy atom. The van der Waals surface area contributed by atoms with Crippen LogP contribution in [0.5, 0.6) is 0 Å². The van der Waals surface area contributed by atoms with Gasteiger partial charge in [-0.1, -0.05) is 41.5 Å². The van der Waals surface area contributed by atoms with Crippen LogP contribution in [0, 0.1) is 29.2 Å². The molecule has 132 heavy (non-hydrogen) atoms. The van der Waals surface area contributed by atoms with Crippen LogP contribution in [0.4, 0.5) is 27.2 Å². The number of hydrogen-bond acceptors (Lipinski definition) is 20. The summed E-state index contributed by atoms with van der Waals surface area (Å²) in [5.74, 6) is -12.0. The molecular formula is C97H129F4N13O18. The molecule has 4 saturated heterocycles. The Morgan fingerprint density at radius 1 is 0.447 bits per heavy atom. The molecule has 4 aliphatic heterocycles. The van der Waals surface area contributed by atoms with Crippen LogP contribution in [-0.2, 0) is 102 Å². The van der Waals surface area contributed by atoms with E-state index in [2.05, 4.69) is 25.3 Å². The molecule has 8 aromatic rings. The fourth-order valence-corrected chi connectivity index (χ4v) is 16.5. The first-order valence-corrected chi connectivity index (χ1v) is 44.2. The molecule has 0 aliphatic carbocycles. The zero-order valence-corrected chi connectivity index (χ0v) is 77.4. The Labute approximate surface area is 786 Å². The maximum absolute atomic E-state index is 15.4.